The van der Waals surface area contributed by atoms with Gasteiger partial charge in [-0.1, -0.05) is 36.5 Å². The van der Waals surface area contributed by atoms with Crippen molar-refractivity contribution in [2.45, 2.75) is 19.8 Å². The number of hydrogen-bond acceptors (Lipinski definition) is 3. The van der Waals surface area contributed by atoms with Crippen LogP contribution in [-0.2, 0) is 6.42 Å². The Labute approximate surface area is 120 Å². The maximum atomic E-state index is 13.4. The van der Waals surface area contributed by atoms with Crippen molar-refractivity contribution in [2.24, 2.45) is 0 Å². The van der Waals surface area contributed by atoms with Gasteiger partial charge >= 0.3 is 0 Å². The Bertz CT molecular complexity index is 590. The quantitative estimate of drug-likeness (QED) is 0.837. The van der Waals surface area contributed by atoms with Crippen molar-refractivity contribution in [2.75, 3.05) is 5.32 Å². The summed E-state index contributed by atoms with van der Waals surface area (Å²) >= 11 is 11.7. The molecule has 6 heteroatoms. The fraction of sp³-hybridized carbons (Fsp3) is 0.231. The lowest BCUT2D eigenvalue weighted by Gasteiger charge is -2.11. The number of nitrogens with zero attached hydrogens (tertiary/aromatic N) is 2. The molecular weight excluding hydrogens is 288 g/mol. The van der Waals surface area contributed by atoms with E-state index in [9.17, 15) is 4.39 Å². The lowest BCUT2D eigenvalue weighted by molar-refractivity contribution is 0.629. The van der Waals surface area contributed by atoms with Gasteiger partial charge in [-0.05, 0) is 24.6 Å². The van der Waals surface area contributed by atoms with Gasteiger partial charge < -0.3 is 5.32 Å². The average Bonchev–Trinajstić information content (AvgIpc) is 2.38. The van der Waals surface area contributed by atoms with E-state index >= 15 is 0 Å². The zero-order valence-corrected chi connectivity index (χ0v) is 11.8. The van der Waals surface area contributed by atoms with Gasteiger partial charge in [-0.15, -0.1) is 0 Å². The Kier molecular flexibility index (Phi) is 4.56. The molecule has 2 aromatic rings. The Morgan fingerprint density at radius 1 is 1.26 bits per heavy atom. The molecule has 0 saturated heterocycles. The van der Waals surface area contributed by atoms with Gasteiger partial charge in [0.2, 0.25) is 0 Å². The van der Waals surface area contributed by atoms with Crippen LogP contribution < -0.4 is 5.32 Å². The highest BCUT2D eigenvalue weighted by atomic mass is 35.5. The smallest absolute Gasteiger partial charge is 0.143 e. The lowest BCUT2D eigenvalue weighted by Crippen LogP contribution is -2.01. The molecule has 0 atom stereocenters. The van der Waals surface area contributed by atoms with E-state index in [0.29, 0.717) is 16.7 Å². The topological polar surface area (TPSA) is 37.8 Å². The molecule has 1 aromatic carbocycles. The van der Waals surface area contributed by atoms with Gasteiger partial charge in [0, 0.05) is 11.3 Å². The number of halogens is 3. The third kappa shape index (κ3) is 3.33. The summed E-state index contributed by atoms with van der Waals surface area (Å²) in [4.78, 5) is 8.09. The molecule has 0 bridgehead atoms. The summed E-state index contributed by atoms with van der Waals surface area (Å²) in [6.45, 7) is 2.04. The monoisotopic (exact) mass is 299 g/mol. The Hall–Kier alpha value is -1.39. The number of hydrogen-bond donors (Lipinski definition) is 1. The SMILES string of the molecule is CCCc1c(Cl)ncnc1Nc1ccc(Cl)c(F)c1. The third-order valence-corrected chi connectivity index (χ3v) is 3.21. The van der Waals surface area contributed by atoms with Crippen molar-refractivity contribution in [1.82, 2.24) is 9.97 Å². The molecular formula is C13H12Cl2FN3. The van der Waals surface area contributed by atoms with E-state index in [1.165, 1.54) is 18.5 Å². The molecule has 19 heavy (non-hydrogen) atoms. The molecule has 0 saturated carbocycles. The summed E-state index contributed by atoms with van der Waals surface area (Å²) in [7, 11) is 0. The van der Waals surface area contributed by atoms with Crippen molar-refractivity contribution in [3.63, 3.8) is 0 Å². The van der Waals surface area contributed by atoms with Crippen molar-refractivity contribution in [3.05, 3.63) is 46.1 Å². The number of aromatic nitrogens is 2. The first-order chi connectivity index (χ1) is 9.11. The molecule has 1 aromatic heterocycles. The van der Waals surface area contributed by atoms with E-state index in [4.69, 9.17) is 23.2 Å². The average molecular weight is 300 g/mol. The summed E-state index contributed by atoms with van der Waals surface area (Å²) < 4.78 is 13.4. The molecule has 0 spiro atoms. The van der Waals surface area contributed by atoms with Gasteiger partial charge in [0.15, 0.2) is 0 Å². The van der Waals surface area contributed by atoms with E-state index in [2.05, 4.69) is 15.3 Å². The fourth-order valence-corrected chi connectivity index (χ4v) is 2.03. The molecule has 0 radical (unpaired) electrons. The second kappa shape index (κ2) is 6.17. The van der Waals surface area contributed by atoms with Gasteiger partial charge in [-0.2, -0.15) is 0 Å². The van der Waals surface area contributed by atoms with Gasteiger partial charge in [0.05, 0.1) is 5.02 Å². The summed E-state index contributed by atoms with van der Waals surface area (Å²) in [5.74, 6) is 0.104. The fourth-order valence-electron chi connectivity index (χ4n) is 1.68. The molecule has 0 aliphatic heterocycles. The first-order valence-corrected chi connectivity index (χ1v) is 6.59. The summed E-state index contributed by atoms with van der Waals surface area (Å²) in [5, 5.41) is 3.53. The lowest BCUT2D eigenvalue weighted by atomic mass is 10.2. The van der Waals surface area contributed by atoms with Crippen molar-refractivity contribution >= 4 is 34.7 Å². The van der Waals surface area contributed by atoms with Crippen molar-refractivity contribution in [1.29, 1.82) is 0 Å². The minimum absolute atomic E-state index is 0.0834. The summed E-state index contributed by atoms with van der Waals surface area (Å²) in [6.07, 6.45) is 3.03. The van der Waals surface area contributed by atoms with E-state index in [-0.39, 0.29) is 5.02 Å². The van der Waals surface area contributed by atoms with Gasteiger partial charge in [0.1, 0.15) is 23.1 Å². The largest absolute Gasteiger partial charge is 0.340 e. The Balaban J connectivity index is 2.32. The molecule has 2 rings (SSSR count). The molecule has 3 nitrogen and oxygen atoms in total. The number of nitrogens with one attached hydrogen (secondary N) is 1. The minimum Gasteiger partial charge on any atom is -0.340 e. The van der Waals surface area contributed by atoms with Crippen LogP contribution in [0.5, 0.6) is 0 Å². The van der Waals surface area contributed by atoms with Crippen molar-refractivity contribution < 1.29 is 4.39 Å². The number of rotatable bonds is 4. The number of benzene rings is 1. The third-order valence-electron chi connectivity index (χ3n) is 2.58. The zero-order chi connectivity index (χ0) is 13.8. The molecule has 0 aliphatic rings. The summed E-state index contributed by atoms with van der Waals surface area (Å²) in [6, 6.07) is 4.48. The van der Waals surface area contributed by atoms with Crippen LogP contribution >= 0.6 is 23.2 Å². The van der Waals surface area contributed by atoms with Crippen LogP contribution in [0.4, 0.5) is 15.9 Å². The molecule has 1 heterocycles. The van der Waals surface area contributed by atoms with E-state index < -0.39 is 5.82 Å². The Morgan fingerprint density at radius 3 is 2.74 bits per heavy atom. The molecule has 0 fully saturated rings. The highest BCUT2D eigenvalue weighted by Gasteiger charge is 2.10. The van der Waals surface area contributed by atoms with Crippen molar-refractivity contribution in [3.8, 4) is 0 Å². The van der Waals surface area contributed by atoms with Gasteiger partial charge in [-0.3, -0.25) is 0 Å². The Morgan fingerprint density at radius 2 is 2.05 bits per heavy atom. The molecule has 100 valence electrons. The van der Waals surface area contributed by atoms with Gasteiger partial charge in [0.25, 0.3) is 0 Å². The second-order valence-electron chi connectivity index (χ2n) is 4.00. The van der Waals surface area contributed by atoms with Crippen LogP contribution in [0.15, 0.2) is 24.5 Å². The van der Waals surface area contributed by atoms with Gasteiger partial charge in [-0.25, -0.2) is 14.4 Å². The van der Waals surface area contributed by atoms with E-state index in [1.54, 1.807) is 6.07 Å². The van der Waals surface area contributed by atoms with Crippen LogP contribution in [0.25, 0.3) is 0 Å². The zero-order valence-electron chi connectivity index (χ0n) is 10.3. The normalized spacial score (nSPS) is 10.5. The van der Waals surface area contributed by atoms with Crippen LogP contribution in [0, 0.1) is 5.82 Å². The standard InChI is InChI=1S/C13H12Cl2FN3/c1-2-3-9-12(15)17-7-18-13(9)19-8-4-5-10(14)11(16)6-8/h4-7H,2-3H2,1H3,(H,17,18,19). The highest BCUT2D eigenvalue weighted by Crippen LogP contribution is 2.26. The summed E-state index contributed by atoms with van der Waals surface area (Å²) in [5.41, 5.74) is 1.39. The molecule has 0 amide bonds. The van der Waals surface area contributed by atoms with Crippen LogP contribution in [0.1, 0.15) is 18.9 Å². The van der Waals surface area contributed by atoms with Crippen LogP contribution in [-0.4, -0.2) is 9.97 Å². The molecule has 1 N–H and O–H groups in total. The maximum absolute atomic E-state index is 13.4. The number of anilines is 2. The highest BCUT2D eigenvalue weighted by molar-refractivity contribution is 6.31. The first kappa shape index (κ1) is 14.0. The predicted octanol–water partition coefficient (Wildman–Crippen LogP) is 4.62. The molecule has 0 aliphatic carbocycles. The maximum Gasteiger partial charge on any atom is 0.143 e. The predicted molar refractivity (Wildman–Crippen MR) is 75.7 cm³/mol. The van der Waals surface area contributed by atoms with Crippen LogP contribution in [0.2, 0.25) is 10.2 Å². The van der Waals surface area contributed by atoms with E-state index in [1.807, 2.05) is 6.92 Å². The minimum atomic E-state index is -0.483. The second-order valence-corrected chi connectivity index (χ2v) is 4.76. The van der Waals surface area contributed by atoms with Crippen LogP contribution in [0.3, 0.4) is 0 Å². The first-order valence-electron chi connectivity index (χ1n) is 5.83. The molecule has 0 unspecified atom stereocenters. The van der Waals surface area contributed by atoms with E-state index in [0.717, 1.165) is 18.4 Å².